The number of rotatable bonds is 6. The van der Waals surface area contributed by atoms with Gasteiger partial charge in [-0.25, -0.2) is 0 Å². The lowest BCUT2D eigenvalue weighted by Crippen LogP contribution is -2.39. The van der Waals surface area contributed by atoms with Crippen LogP contribution in [0.5, 0.6) is 0 Å². The molecule has 0 bridgehead atoms. The highest BCUT2D eigenvalue weighted by Gasteiger charge is 2.26. The fraction of sp³-hybridized carbons (Fsp3) is 0.500. The Kier molecular flexibility index (Phi) is 4.77. The van der Waals surface area contributed by atoms with Gasteiger partial charge in [0.05, 0.1) is 5.92 Å². The van der Waals surface area contributed by atoms with Crippen LogP contribution in [0, 0.1) is 18.8 Å². The number of carboxylic acid groups (broad SMARTS) is 1. The molecule has 4 nitrogen and oxygen atoms in total. The number of nitrogens with one attached hydrogen (secondary N) is 1. The minimum absolute atomic E-state index is 0.00674. The molecule has 2 rings (SSSR count). The molecule has 1 aromatic rings. The molecular weight excluding hydrogens is 254 g/mol. The number of hydrogen-bond donors (Lipinski definition) is 2. The lowest BCUT2D eigenvalue weighted by Gasteiger charge is -2.25. The van der Waals surface area contributed by atoms with E-state index in [9.17, 15) is 14.7 Å². The van der Waals surface area contributed by atoms with Gasteiger partial charge in [-0.2, -0.15) is 0 Å². The second kappa shape index (κ2) is 6.55. The molecule has 0 aliphatic heterocycles. The fourth-order valence-corrected chi connectivity index (χ4v) is 2.39. The number of hydrogen-bond acceptors (Lipinski definition) is 2. The molecule has 20 heavy (non-hydrogen) atoms. The smallest absolute Gasteiger partial charge is 0.308 e. The number of benzene rings is 1. The number of carboxylic acids is 1. The van der Waals surface area contributed by atoms with Crippen LogP contribution >= 0.6 is 0 Å². The lowest BCUT2D eigenvalue weighted by atomic mass is 9.84. The molecule has 0 spiro atoms. The van der Waals surface area contributed by atoms with Gasteiger partial charge in [0.15, 0.2) is 0 Å². The summed E-state index contributed by atoms with van der Waals surface area (Å²) in [4.78, 5) is 23.1. The Morgan fingerprint density at radius 3 is 2.60 bits per heavy atom. The van der Waals surface area contributed by atoms with E-state index in [-0.39, 0.29) is 18.4 Å². The standard InChI is InChI=1S/C16H21NO3/c1-11-5-2-3-6-13(11)9-14(16(19)20)10-17-15(18)12-7-4-8-12/h2-3,5-6,12,14H,4,7-10H2,1H3,(H,17,18)(H,19,20). The Bertz CT molecular complexity index is 494. The molecule has 0 radical (unpaired) electrons. The van der Waals surface area contributed by atoms with Gasteiger partial charge in [0.2, 0.25) is 5.91 Å². The third kappa shape index (κ3) is 3.59. The molecule has 108 valence electrons. The highest BCUT2D eigenvalue weighted by molar-refractivity contribution is 5.80. The van der Waals surface area contributed by atoms with Crippen molar-refractivity contribution in [1.82, 2.24) is 5.32 Å². The van der Waals surface area contributed by atoms with Crippen LogP contribution in [-0.4, -0.2) is 23.5 Å². The molecular formula is C16H21NO3. The summed E-state index contributed by atoms with van der Waals surface area (Å²) in [5.41, 5.74) is 2.11. The predicted octanol–water partition coefficient (Wildman–Crippen LogP) is 2.15. The first-order chi connectivity index (χ1) is 9.58. The van der Waals surface area contributed by atoms with Crippen molar-refractivity contribution in [3.63, 3.8) is 0 Å². The van der Waals surface area contributed by atoms with Crippen LogP contribution in [-0.2, 0) is 16.0 Å². The second-order valence-electron chi connectivity index (χ2n) is 5.54. The third-order valence-corrected chi connectivity index (χ3v) is 4.08. The number of carbonyl (C=O) groups excluding carboxylic acids is 1. The first-order valence-electron chi connectivity index (χ1n) is 7.13. The minimum atomic E-state index is -0.859. The zero-order chi connectivity index (χ0) is 14.5. The first-order valence-corrected chi connectivity index (χ1v) is 7.13. The van der Waals surface area contributed by atoms with Crippen molar-refractivity contribution in [2.45, 2.75) is 32.6 Å². The molecule has 4 heteroatoms. The van der Waals surface area contributed by atoms with E-state index in [1.54, 1.807) is 0 Å². The summed E-state index contributed by atoms with van der Waals surface area (Å²) in [6.45, 7) is 2.18. The molecule has 1 atom stereocenters. The van der Waals surface area contributed by atoms with Crippen LogP contribution < -0.4 is 5.32 Å². The molecule has 0 saturated heterocycles. The van der Waals surface area contributed by atoms with Gasteiger partial charge in [0.25, 0.3) is 0 Å². The number of aliphatic carboxylic acids is 1. The summed E-state index contributed by atoms with van der Waals surface area (Å²) in [6, 6.07) is 7.77. The monoisotopic (exact) mass is 275 g/mol. The van der Waals surface area contributed by atoms with Gasteiger partial charge >= 0.3 is 5.97 Å². The Labute approximate surface area is 119 Å². The molecule has 1 aliphatic carbocycles. The molecule has 0 aromatic heterocycles. The van der Waals surface area contributed by atoms with Crippen molar-refractivity contribution in [2.24, 2.45) is 11.8 Å². The summed E-state index contributed by atoms with van der Waals surface area (Å²) >= 11 is 0. The van der Waals surface area contributed by atoms with Gasteiger partial charge in [-0.3, -0.25) is 9.59 Å². The summed E-state index contributed by atoms with van der Waals surface area (Å²) < 4.78 is 0. The van der Waals surface area contributed by atoms with Crippen molar-refractivity contribution < 1.29 is 14.7 Å². The van der Waals surface area contributed by atoms with E-state index in [0.717, 1.165) is 30.4 Å². The molecule has 1 amide bonds. The van der Waals surface area contributed by atoms with Gasteiger partial charge in [0.1, 0.15) is 0 Å². The molecule has 2 N–H and O–H groups in total. The topological polar surface area (TPSA) is 66.4 Å². The Morgan fingerprint density at radius 2 is 2.05 bits per heavy atom. The highest BCUT2D eigenvalue weighted by atomic mass is 16.4. The van der Waals surface area contributed by atoms with Gasteiger partial charge in [-0.15, -0.1) is 0 Å². The second-order valence-corrected chi connectivity index (χ2v) is 5.54. The molecule has 1 fully saturated rings. The van der Waals surface area contributed by atoms with Crippen LogP contribution in [0.4, 0.5) is 0 Å². The molecule has 1 aliphatic rings. The van der Waals surface area contributed by atoms with Crippen molar-refractivity contribution in [2.75, 3.05) is 6.54 Å². The number of amides is 1. The Hall–Kier alpha value is -1.84. The molecule has 0 heterocycles. The average molecular weight is 275 g/mol. The summed E-state index contributed by atoms with van der Waals surface area (Å²) in [6.07, 6.45) is 3.42. The van der Waals surface area contributed by atoms with E-state index in [0.29, 0.717) is 6.42 Å². The van der Waals surface area contributed by atoms with Crippen LogP contribution in [0.1, 0.15) is 30.4 Å². The SMILES string of the molecule is Cc1ccccc1CC(CNC(=O)C1CCC1)C(=O)O. The zero-order valence-electron chi connectivity index (χ0n) is 11.8. The fourth-order valence-electron chi connectivity index (χ4n) is 2.39. The largest absolute Gasteiger partial charge is 0.481 e. The third-order valence-electron chi connectivity index (χ3n) is 4.08. The van der Waals surface area contributed by atoms with E-state index >= 15 is 0 Å². The normalized spacial score (nSPS) is 16.2. The maximum absolute atomic E-state index is 11.8. The van der Waals surface area contributed by atoms with E-state index in [1.807, 2.05) is 31.2 Å². The summed E-state index contributed by atoms with van der Waals surface area (Å²) in [5, 5.41) is 12.1. The number of carbonyl (C=O) groups is 2. The Morgan fingerprint density at radius 1 is 1.35 bits per heavy atom. The van der Waals surface area contributed by atoms with Crippen molar-refractivity contribution in [3.8, 4) is 0 Å². The minimum Gasteiger partial charge on any atom is -0.481 e. The van der Waals surface area contributed by atoms with Gasteiger partial charge < -0.3 is 10.4 Å². The summed E-state index contributed by atoms with van der Waals surface area (Å²) in [5.74, 6) is -1.32. The zero-order valence-corrected chi connectivity index (χ0v) is 11.8. The lowest BCUT2D eigenvalue weighted by molar-refractivity contribution is -0.141. The molecule has 1 unspecified atom stereocenters. The van der Waals surface area contributed by atoms with E-state index in [1.165, 1.54) is 0 Å². The highest BCUT2D eigenvalue weighted by Crippen LogP contribution is 2.26. The summed E-state index contributed by atoms with van der Waals surface area (Å²) in [7, 11) is 0. The van der Waals surface area contributed by atoms with Crippen molar-refractivity contribution in [1.29, 1.82) is 0 Å². The quantitative estimate of drug-likeness (QED) is 0.836. The molecule has 1 aromatic carbocycles. The van der Waals surface area contributed by atoms with Crippen molar-refractivity contribution >= 4 is 11.9 Å². The van der Waals surface area contributed by atoms with Crippen LogP contribution in [0.3, 0.4) is 0 Å². The van der Waals surface area contributed by atoms with Gasteiger partial charge in [-0.05, 0) is 37.3 Å². The maximum Gasteiger partial charge on any atom is 0.308 e. The maximum atomic E-state index is 11.8. The number of aryl methyl sites for hydroxylation is 1. The first kappa shape index (κ1) is 14.6. The predicted molar refractivity (Wildman–Crippen MR) is 76.4 cm³/mol. The van der Waals surface area contributed by atoms with E-state index in [4.69, 9.17) is 0 Å². The van der Waals surface area contributed by atoms with E-state index in [2.05, 4.69) is 5.32 Å². The van der Waals surface area contributed by atoms with Gasteiger partial charge in [-0.1, -0.05) is 30.7 Å². The van der Waals surface area contributed by atoms with Gasteiger partial charge in [0, 0.05) is 12.5 Å². The van der Waals surface area contributed by atoms with Crippen molar-refractivity contribution in [3.05, 3.63) is 35.4 Å². The average Bonchev–Trinajstić information content (AvgIpc) is 2.34. The van der Waals surface area contributed by atoms with Crippen LogP contribution in [0.25, 0.3) is 0 Å². The van der Waals surface area contributed by atoms with E-state index < -0.39 is 11.9 Å². The molecule has 1 saturated carbocycles. The Balaban J connectivity index is 1.92. The van der Waals surface area contributed by atoms with Crippen LogP contribution in [0.15, 0.2) is 24.3 Å². The van der Waals surface area contributed by atoms with Crippen LogP contribution in [0.2, 0.25) is 0 Å².